The van der Waals surface area contributed by atoms with E-state index < -0.39 is 6.61 Å². The highest BCUT2D eigenvalue weighted by Gasteiger charge is 2.17. The summed E-state index contributed by atoms with van der Waals surface area (Å²) in [5.74, 6) is -0.365. The molecule has 1 atom stereocenters. The minimum atomic E-state index is -2.96. The predicted molar refractivity (Wildman–Crippen MR) is 94.3 cm³/mol. The Balaban J connectivity index is 2.17. The van der Waals surface area contributed by atoms with E-state index >= 15 is 0 Å². The number of ether oxygens (including phenoxy) is 2. The fraction of sp³-hybridized carbons (Fsp3) is 0.278. The molecule has 0 bridgehead atoms. The number of alkyl halides is 2. The van der Waals surface area contributed by atoms with Gasteiger partial charge in [-0.05, 0) is 42.3 Å². The van der Waals surface area contributed by atoms with Crippen LogP contribution in [0.3, 0.4) is 0 Å². The van der Waals surface area contributed by atoms with Crippen molar-refractivity contribution in [3.05, 3.63) is 58.1 Å². The standard InChI is InChI=1S/C18H18BrF2NO3/c1-3-14(11-4-7-13(19)8-5-11)22-17(23)12-6-9-15(25-18(20)21)16(10-12)24-2/h4-10,14,18H,3H2,1-2H3,(H,22,23). The quantitative estimate of drug-likeness (QED) is 0.698. The molecule has 1 unspecified atom stereocenters. The summed E-state index contributed by atoms with van der Waals surface area (Å²) >= 11 is 3.38. The maximum atomic E-state index is 12.5. The van der Waals surface area contributed by atoms with E-state index in [0.29, 0.717) is 12.0 Å². The molecule has 0 aromatic heterocycles. The van der Waals surface area contributed by atoms with Gasteiger partial charge in [0, 0.05) is 10.0 Å². The fourth-order valence-corrected chi connectivity index (χ4v) is 2.62. The lowest BCUT2D eigenvalue weighted by atomic mass is 10.0. The summed E-state index contributed by atoms with van der Waals surface area (Å²) in [6, 6.07) is 11.6. The van der Waals surface area contributed by atoms with Gasteiger partial charge in [-0.1, -0.05) is 35.0 Å². The van der Waals surface area contributed by atoms with Gasteiger partial charge < -0.3 is 14.8 Å². The van der Waals surface area contributed by atoms with E-state index in [1.165, 1.54) is 25.3 Å². The van der Waals surface area contributed by atoms with Crippen LogP contribution in [-0.4, -0.2) is 19.6 Å². The summed E-state index contributed by atoms with van der Waals surface area (Å²) in [5.41, 5.74) is 1.28. The second-order valence-electron chi connectivity index (χ2n) is 5.23. The Kier molecular flexibility index (Phi) is 6.75. The average Bonchev–Trinajstić information content (AvgIpc) is 2.60. The molecule has 0 heterocycles. The highest BCUT2D eigenvalue weighted by atomic mass is 79.9. The molecule has 0 saturated heterocycles. The van der Waals surface area contributed by atoms with Crippen molar-refractivity contribution in [2.45, 2.75) is 26.0 Å². The Morgan fingerprint density at radius 3 is 2.40 bits per heavy atom. The van der Waals surface area contributed by atoms with Crippen LogP contribution in [0.2, 0.25) is 0 Å². The summed E-state index contributed by atoms with van der Waals surface area (Å²) in [6.45, 7) is -0.997. The van der Waals surface area contributed by atoms with Crippen LogP contribution in [0.4, 0.5) is 8.78 Å². The lowest BCUT2D eigenvalue weighted by Crippen LogP contribution is -2.28. The van der Waals surface area contributed by atoms with Crippen LogP contribution >= 0.6 is 15.9 Å². The molecule has 7 heteroatoms. The SMILES string of the molecule is CCC(NC(=O)c1ccc(OC(F)F)c(OC)c1)c1ccc(Br)cc1. The Bertz CT molecular complexity index is 723. The van der Waals surface area contributed by atoms with Crippen molar-refractivity contribution in [2.24, 2.45) is 0 Å². The summed E-state index contributed by atoms with van der Waals surface area (Å²) in [4.78, 5) is 12.5. The molecule has 1 N–H and O–H groups in total. The van der Waals surface area contributed by atoms with Crippen LogP contribution in [-0.2, 0) is 0 Å². The highest BCUT2D eigenvalue weighted by Crippen LogP contribution is 2.30. The molecule has 0 spiro atoms. The number of hydrogen-bond acceptors (Lipinski definition) is 3. The number of carbonyl (C=O) groups excluding carboxylic acids is 1. The van der Waals surface area contributed by atoms with Gasteiger partial charge in [-0.15, -0.1) is 0 Å². The van der Waals surface area contributed by atoms with Crippen LogP contribution in [0, 0.1) is 0 Å². The van der Waals surface area contributed by atoms with Crippen molar-refractivity contribution < 1.29 is 23.0 Å². The molecule has 2 aromatic carbocycles. The molecule has 0 saturated carbocycles. The Hall–Kier alpha value is -2.15. The molecular weight excluding hydrogens is 396 g/mol. The third-order valence-electron chi connectivity index (χ3n) is 3.63. The van der Waals surface area contributed by atoms with E-state index in [9.17, 15) is 13.6 Å². The lowest BCUT2D eigenvalue weighted by Gasteiger charge is -2.18. The number of carbonyl (C=O) groups is 1. The van der Waals surface area contributed by atoms with Crippen molar-refractivity contribution in [3.8, 4) is 11.5 Å². The van der Waals surface area contributed by atoms with Gasteiger partial charge in [-0.2, -0.15) is 8.78 Å². The number of halogens is 3. The van der Waals surface area contributed by atoms with Gasteiger partial charge in [-0.3, -0.25) is 4.79 Å². The number of rotatable bonds is 7. The van der Waals surface area contributed by atoms with Gasteiger partial charge in [0.15, 0.2) is 11.5 Å². The molecule has 2 aromatic rings. The van der Waals surface area contributed by atoms with Crippen molar-refractivity contribution in [1.29, 1.82) is 0 Å². The third kappa shape index (κ3) is 5.16. The predicted octanol–water partition coefficient (Wildman–Crippen LogP) is 4.94. The molecule has 25 heavy (non-hydrogen) atoms. The summed E-state index contributed by atoms with van der Waals surface area (Å²) in [6.07, 6.45) is 0.705. The van der Waals surface area contributed by atoms with E-state index in [2.05, 4.69) is 26.0 Å². The molecule has 0 aliphatic carbocycles. The lowest BCUT2D eigenvalue weighted by molar-refractivity contribution is -0.0512. The first kappa shape index (κ1) is 19.2. The minimum absolute atomic E-state index is 0.0737. The molecular formula is C18H18BrF2NO3. The van der Waals surface area contributed by atoms with Crippen LogP contribution in [0.15, 0.2) is 46.9 Å². The number of nitrogens with one attached hydrogen (secondary N) is 1. The maximum absolute atomic E-state index is 12.5. The van der Waals surface area contributed by atoms with E-state index in [1.807, 2.05) is 31.2 Å². The second-order valence-corrected chi connectivity index (χ2v) is 6.15. The zero-order chi connectivity index (χ0) is 18.4. The van der Waals surface area contributed by atoms with Crippen molar-refractivity contribution in [3.63, 3.8) is 0 Å². The van der Waals surface area contributed by atoms with Crippen LogP contribution in [0.1, 0.15) is 35.3 Å². The van der Waals surface area contributed by atoms with Crippen molar-refractivity contribution in [2.75, 3.05) is 7.11 Å². The van der Waals surface area contributed by atoms with E-state index in [1.54, 1.807) is 0 Å². The first-order chi connectivity index (χ1) is 11.9. The average molecular weight is 414 g/mol. The molecule has 0 radical (unpaired) electrons. The molecule has 0 aliphatic heterocycles. The Morgan fingerprint density at radius 1 is 1.16 bits per heavy atom. The first-order valence-electron chi connectivity index (χ1n) is 7.63. The smallest absolute Gasteiger partial charge is 0.387 e. The Morgan fingerprint density at radius 2 is 1.84 bits per heavy atom. The van der Waals surface area contributed by atoms with E-state index in [0.717, 1.165) is 10.0 Å². The summed E-state index contributed by atoms with van der Waals surface area (Å²) < 4.78 is 35.1. The zero-order valence-electron chi connectivity index (χ0n) is 13.8. The van der Waals surface area contributed by atoms with Crippen molar-refractivity contribution >= 4 is 21.8 Å². The maximum Gasteiger partial charge on any atom is 0.387 e. The highest BCUT2D eigenvalue weighted by molar-refractivity contribution is 9.10. The van der Waals surface area contributed by atoms with Gasteiger partial charge in [0.2, 0.25) is 0 Å². The van der Waals surface area contributed by atoms with Crippen LogP contribution < -0.4 is 14.8 Å². The molecule has 2 rings (SSSR count). The van der Waals surface area contributed by atoms with Crippen LogP contribution in [0.25, 0.3) is 0 Å². The van der Waals surface area contributed by atoms with Crippen molar-refractivity contribution in [1.82, 2.24) is 5.32 Å². The third-order valence-corrected chi connectivity index (χ3v) is 4.16. The van der Waals surface area contributed by atoms with E-state index in [-0.39, 0.29) is 23.4 Å². The molecule has 4 nitrogen and oxygen atoms in total. The van der Waals surface area contributed by atoms with Gasteiger partial charge >= 0.3 is 6.61 Å². The largest absolute Gasteiger partial charge is 0.493 e. The molecule has 0 fully saturated rings. The number of hydrogen-bond donors (Lipinski definition) is 1. The first-order valence-corrected chi connectivity index (χ1v) is 8.43. The number of amides is 1. The van der Waals surface area contributed by atoms with Gasteiger partial charge in [0.05, 0.1) is 13.2 Å². The molecule has 0 aliphatic rings. The second kappa shape index (κ2) is 8.80. The monoisotopic (exact) mass is 413 g/mol. The number of methoxy groups -OCH3 is 1. The molecule has 134 valence electrons. The van der Waals surface area contributed by atoms with Gasteiger partial charge in [0.1, 0.15) is 0 Å². The van der Waals surface area contributed by atoms with E-state index in [4.69, 9.17) is 4.74 Å². The zero-order valence-corrected chi connectivity index (χ0v) is 15.3. The Labute approximate surface area is 153 Å². The normalized spacial score (nSPS) is 11.9. The fourth-order valence-electron chi connectivity index (χ4n) is 2.36. The van der Waals surface area contributed by atoms with Gasteiger partial charge in [-0.25, -0.2) is 0 Å². The molecule has 1 amide bonds. The van der Waals surface area contributed by atoms with Gasteiger partial charge in [0.25, 0.3) is 5.91 Å². The van der Waals surface area contributed by atoms with Crippen LogP contribution in [0.5, 0.6) is 11.5 Å². The summed E-state index contributed by atoms with van der Waals surface area (Å²) in [7, 11) is 1.33. The topological polar surface area (TPSA) is 47.6 Å². The number of benzene rings is 2. The minimum Gasteiger partial charge on any atom is -0.493 e. The summed E-state index contributed by atoms with van der Waals surface area (Å²) in [5, 5.41) is 2.93.